The van der Waals surface area contributed by atoms with Crippen LogP contribution in [0, 0.1) is 0 Å². The zero-order valence-electron chi connectivity index (χ0n) is 92.4. The molecule has 0 unspecified atom stereocenters. The zero-order chi connectivity index (χ0) is 98.8. The van der Waals surface area contributed by atoms with Crippen molar-refractivity contribution >= 4 is 150 Å². The van der Waals surface area contributed by atoms with Crippen molar-refractivity contribution in [2.75, 3.05) is 0 Å². The Kier molecular flexibility index (Phi) is 60.9. The van der Waals surface area contributed by atoms with E-state index in [1.54, 1.807) is 144 Å². The fraction of sp³-hybridized carbons (Fsp3) is 0.710. The molecule has 0 N–H and O–H groups in total. The van der Waals surface area contributed by atoms with Crippen LogP contribution in [-0.4, -0.2) is 48.4 Å². The maximum Gasteiger partial charge on any atom is 0.0504 e. The van der Waals surface area contributed by atoms with E-state index >= 15 is 0 Å². The molecule has 0 aliphatic carbocycles. The lowest BCUT2D eigenvalue weighted by Crippen LogP contribution is -2.34. The molecular weight excluding hydrogens is 1950 g/mol. The van der Waals surface area contributed by atoms with E-state index in [4.69, 9.17) is 0 Å². The van der Waals surface area contributed by atoms with Gasteiger partial charge in [0.1, 0.15) is 0 Å². The van der Waals surface area contributed by atoms with E-state index in [-0.39, 0.29) is 0 Å². The summed E-state index contributed by atoms with van der Waals surface area (Å²) in [4.78, 5) is 25.3. The summed E-state index contributed by atoms with van der Waals surface area (Å²) < 4.78 is 0. The molecule has 0 spiro atoms. The van der Waals surface area contributed by atoms with Crippen molar-refractivity contribution in [1.29, 1.82) is 0 Å². The van der Waals surface area contributed by atoms with Gasteiger partial charge < -0.3 is 0 Å². The predicted molar refractivity (Wildman–Crippen MR) is 669 cm³/mol. The molecular formula is C124H208S9Si6. The Balaban J connectivity index is 0.654. The van der Waals surface area contributed by atoms with Crippen molar-refractivity contribution in [3.05, 3.63) is 119 Å². The van der Waals surface area contributed by atoms with Gasteiger partial charge in [0, 0.05) is 87.8 Å². The molecule has 0 nitrogen and oxygen atoms in total. The molecule has 0 atom stereocenters. The molecule has 0 fully saturated rings. The normalized spacial score (nSPS) is 12.6. The van der Waals surface area contributed by atoms with E-state index in [9.17, 15) is 0 Å². The summed E-state index contributed by atoms with van der Waals surface area (Å²) in [5.74, 6) is 0. The van der Waals surface area contributed by atoms with Gasteiger partial charge >= 0.3 is 0 Å². The van der Waals surface area contributed by atoms with Crippen LogP contribution in [0.5, 0.6) is 0 Å². The average Bonchev–Trinajstić information content (AvgIpc) is 1.65. The Morgan fingerprint density at radius 1 is 0.122 bits per heavy atom. The standard InChI is InChI=1S/C124H208S9Si6/c1-15-23-31-55-89-134(9,90-56-32-24-16-2)99-65-103-138(13,104-66-100-135(10,91-57-33-25-17-3)92-58-34-26-18-4)97-63-51-47-43-39-41-45-49-53-69-107-71-73-109(125-107)111-75-77-113(127-111)115-79-81-117(129-115)119-83-85-121(131-119)123-87-88-124(133-123)122-86-84-120(132-122)118-82-80-116(130-118)114-78-76-112(128-114)110-74-72-108(126-110)70-54-50-46-42-40-44-48-52-64-98-139(14,105-67-101-136(11,93-59-35-27-19-5)94-60-36-28-20-6)106-68-102-137(12,95-61-37-29-21-7)96-62-38-30-22-8/h71-88H,15-70,89-106H2,1-14H3. The van der Waals surface area contributed by atoms with Gasteiger partial charge in [0.15, 0.2) is 0 Å². The first kappa shape index (κ1) is 121. The third kappa shape index (κ3) is 46.9. The Bertz CT molecular complexity index is 4130. The second kappa shape index (κ2) is 69.9. The van der Waals surface area contributed by atoms with Crippen LogP contribution in [0.3, 0.4) is 0 Å². The molecule has 0 aliphatic rings. The zero-order valence-corrected chi connectivity index (χ0v) is 106. The van der Waals surface area contributed by atoms with Gasteiger partial charge in [-0.1, -0.05) is 537 Å². The van der Waals surface area contributed by atoms with E-state index in [2.05, 4.69) is 204 Å². The minimum Gasteiger partial charge on any atom is -0.139 e. The van der Waals surface area contributed by atoms with Crippen molar-refractivity contribution < 1.29 is 0 Å². The molecule has 9 rings (SSSR count). The lowest BCUT2D eigenvalue weighted by atomic mass is 10.1. The van der Waals surface area contributed by atoms with Crippen LogP contribution in [-0.2, 0) is 12.8 Å². The molecule has 0 radical (unpaired) electrons. The third-order valence-electron chi connectivity index (χ3n) is 33.2. The highest BCUT2D eigenvalue weighted by Gasteiger charge is 2.36. The second-order valence-corrected chi connectivity index (χ2v) is 87.5. The molecule has 782 valence electrons. The summed E-state index contributed by atoms with van der Waals surface area (Å²) in [7, 11) is -7.23. The first-order chi connectivity index (χ1) is 67.7. The van der Waals surface area contributed by atoms with Crippen LogP contribution in [0.4, 0.5) is 0 Å². The van der Waals surface area contributed by atoms with Crippen molar-refractivity contribution in [1.82, 2.24) is 0 Å². The molecule has 9 heterocycles. The second-order valence-electron chi connectivity index (χ2n) is 46.8. The number of unbranched alkanes of at least 4 members (excludes halogenated alkanes) is 40. The molecule has 139 heavy (non-hydrogen) atoms. The number of aryl methyl sites for hydroxylation is 2. The monoisotopic (exact) mass is 2150 g/mol. The minimum atomic E-state index is -1.28. The molecule has 9 aromatic rings. The van der Waals surface area contributed by atoms with Gasteiger partial charge in [-0.05, 0) is 135 Å². The lowest BCUT2D eigenvalue weighted by Gasteiger charge is -2.34. The van der Waals surface area contributed by atoms with E-state index in [0.29, 0.717) is 0 Å². The van der Waals surface area contributed by atoms with Gasteiger partial charge in [-0.2, -0.15) is 0 Å². The molecule has 0 aromatic carbocycles. The predicted octanol–water partition coefficient (Wildman–Crippen LogP) is 50.4. The Labute approximate surface area is 901 Å². The molecule has 9 aromatic heterocycles. The minimum absolute atomic E-state index is 1.17. The quantitative estimate of drug-likeness (QED) is 0.0263. The Morgan fingerprint density at radius 3 is 0.374 bits per heavy atom. The van der Waals surface area contributed by atoms with Gasteiger partial charge in [-0.3, -0.25) is 0 Å². The molecule has 0 amide bonds. The first-order valence-electron chi connectivity index (χ1n) is 59.6. The number of hydrogen-bond donors (Lipinski definition) is 0. The summed E-state index contributed by atoms with van der Waals surface area (Å²) in [6, 6.07) is 72.1. The molecule has 15 heteroatoms. The third-order valence-corrected chi connectivity index (χ3v) is 72.8. The van der Waals surface area contributed by atoms with E-state index < -0.39 is 48.4 Å². The summed E-state index contributed by atoms with van der Waals surface area (Å²) in [6.07, 6.45) is 81.3. The summed E-state index contributed by atoms with van der Waals surface area (Å²) in [5, 5.41) is 0. The van der Waals surface area contributed by atoms with Crippen LogP contribution in [0.15, 0.2) is 109 Å². The van der Waals surface area contributed by atoms with E-state index in [1.165, 1.54) is 412 Å². The van der Waals surface area contributed by atoms with Gasteiger partial charge in [-0.15, -0.1) is 102 Å². The van der Waals surface area contributed by atoms with Crippen molar-refractivity contribution in [2.45, 2.75) is 563 Å². The molecule has 0 bridgehead atoms. The van der Waals surface area contributed by atoms with Gasteiger partial charge in [0.25, 0.3) is 0 Å². The van der Waals surface area contributed by atoms with Crippen molar-refractivity contribution in [3.8, 4) is 78.0 Å². The van der Waals surface area contributed by atoms with Crippen LogP contribution in [0.25, 0.3) is 78.0 Å². The summed E-state index contributed by atoms with van der Waals surface area (Å²) in [6.45, 7) is 36.5. The highest BCUT2D eigenvalue weighted by Crippen LogP contribution is 2.50. The van der Waals surface area contributed by atoms with Crippen molar-refractivity contribution in [2.24, 2.45) is 0 Å². The average molecular weight is 2160 g/mol. The maximum atomic E-state index is 2.93. The SMILES string of the molecule is CCCCCC[Si](C)(CCCCCC)CCC[Si](C)(CCCCCCCCCCCc1ccc(-c2ccc(-c3ccc(-c4ccc(-c5ccc(-c6ccc(-c7ccc(-c8ccc(-c9ccc(CCCCCCCCCCC[Si](C)(CCC[Si](C)(CCCCCC)CCCCCC)CCC[Si](C)(CCCCCC)CCCCCC)s9)s8)s7)s6)s5)s4)s3)s2)s1)CCC[Si](C)(CCCCCC)CCCCCC. The van der Waals surface area contributed by atoms with Crippen LogP contribution >= 0.6 is 102 Å². The van der Waals surface area contributed by atoms with E-state index in [0.717, 1.165) is 0 Å². The lowest BCUT2D eigenvalue weighted by molar-refractivity contribution is 0.564. The van der Waals surface area contributed by atoms with E-state index in [1.807, 2.05) is 102 Å². The first-order valence-corrected chi connectivity index (χ1v) is 85.7. The van der Waals surface area contributed by atoms with Crippen LogP contribution in [0.1, 0.15) is 412 Å². The Morgan fingerprint density at radius 2 is 0.230 bits per heavy atom. The number of hydrogen-bond acceptors (Lipinski definition) is 9. The van der Waals surface area contributed by atoms with Crippen LogP contribution < -0.4 is 0 Å². The highest BCUT2D eigenvalue weighted by atomic mass is 32.1. The topological polar surface area (TPSA) is 0 Å². The molecule has 0 aliphatic heterocycles. The Hall–Kier alpha value is -1.40. The van der Waals surface area contributed by atoms with Gasteiger partial charge in [0.05, 0.1) is 48.4 Å². The summed E-state index contributed by atoms with van der Waals surface area (Å²) in [5.41, 5.74) is 0. The maximum absolute atomic E-state index is 2.93. The number of rotatable bonds is 88. The van der Waals surface area contributed by atoms with Gasteiger partial charge in [-0.25, -0.2) is 0 Å². The smallest absolute Gasteiger partial charge is 0.0504 e. The summed E-state index contributed by atoms with van der Waals surface area (Å²) >= 11 is 17.8. The number of thiophene rings is 9. The highest BCUT2D eigenvalue weighted by molar-refractivity contribution is 7.32. The van der Waals surface area contributed by atoms with Crippen molar-refractivity contribution in [3.63, 3.8) is 0 Å². The molecule has 0 saturated carbocycles. The largest absolute Gasteiger partial charge is 0.139 e. The fourth-order valence-electron chi connectivity index (χ4n) is 23.5. The fourth-order valence-corrected chi connectivity index (χ4v) is 58.6. The van der Waals surface area contributed by atoms with Gasteiger partial charge in [0.2, 0.25) is 0 Å². The van der Waals surface area contributed by atoms with Crippen LogP contribution in [0.2, 0.25) is 148 Å². The molecule has 0 saturated heterocycles.